The molecule has 0 aromatic rings. The average Bonchev–Trinajstić information content (AvgIpc) is 0.908. The summed E-state index contributed by atoms with van der Waals surface area (Å²) in [5.41, 5.74) is 0. The Morgan fingerprint density at radius 3 is 0.795 bits per heavy atom. The molecule has 0 spiro atoms. The second kappa shape index (κ2) is 82.4. The summed E-state index contributed by atoms with van der Waals surface area (Å²) < 4.78 is 68.5. The molecule has 630 valence electrons. The van der Waals surface area contributed by atoms with Crippen LogP contribution in [0.2, 0.25) is 0 Å². The zero-order chi connectivity index (χ0) is 81.7. The van der Waals surface area contributed by atoms with Crippen LogP contribution in [0.4, 0.5) is 0 Å². The van der Waals surface area contributed by atoms with E-state index < -0.39 is 97.5 Å². The molecule has 0 amide bonds. The zero-order valence-corrected chi connectivity index (χ0v) is 70.8. The Kier molecular flexibility index (Phi) is 77.5. The SMILES string of the molecule is CC/C=C\C/C=C\C/C=C\C/C=C\C/C=C\C/C=C\CCC(=O)OC[C@H](COP(=O)(O)OC[C@@H](O)COP(=O)(O)OC[C@@H](COC(=O)CCCCCCC/C=C\C/C=C\CCCCC)OC(=O)CCCCC/C=C\C/C=C\C/C=C\C/C=C\C/C=C\CC)OC(=O)CC/C=C\C/C=C\C/C=C\C/C=C\C/C=C\CCCCC. The number of esters is 4. The Morgan fingerprint density at radius 1 is 0.259 bits per heavy atom. The molecule has 17 nitrogen and oxygen atoms in total. The summed E-state index contributed by atoms with van der Waals surface area (Å²) in [5, 5.41) is 10.7. The van der Waals surface area contributed by atoms with Gasteiger partial charge in [-0.2, -0.15) is 0 Å². The van der Waals surface area contributed by atoms with Gasteiger partial charge >= 0.3 is 39.5 Å². The number of rotatable bonds is 76. The summed E-state index contributed by atoms with van der Waals surface area (Å²) in [7, 11) is -10.1. The molecule has 0 rings (SSSR count). The molecule has 0 fully saturated rings. The van der Waals surface area contributed by atoms with Crippen LogP contribution >= 0.6 is 15.6 Å². The highest BCUT2D eigenvalue weighted by atomic mass is 31.2. The van der Waals surface area contributed by atoms with Crippen LogP contribution in [0.3, 0.4) is 0 Å². The van der Waals surface area contributed by atoms with E-state index in [1.54, 1.807) is 0 Å². The molecular weight excluding hydrogens is 1450 g/mol. The van der Waals surface area contributed by atoms with E-state index in [4.69, 9.17) is 37.0 Å². The van der Waals surface area contributed by atoms with Gasteiger partial charge in [-0.15, -0.1) is 0 Å². The first-order valence-electron chi connectivity index (χ1n) is 42.0. The Hall–Kier alpha value is -6.62. The number of ether oxygens (including phenoxy) is 4. The summed E-state index contributed by atoms with van der Waals surface area (Å²) in [5.74, 6) is -2.45. The van der Waals surface area contributed by atoms with Crippen LogP contribution in [0.15, 0.2) is 219 Å². The first kappa shape index (κ1) is 105. The molecule has 2 unspecified atom stereocenters. The second-order valence-electron chi connectivity index (χ2n) is 26.9. The predicted molar refractivity (Wildman–Crippen MR) is 463 cm³/mol. The van der Waals surface area contributed by atoms with Crippen LogP contribution in [0.1, 0.15) is 285 Å². The number of phosphoric ester groups is 2. The lowest BCUT2D eigenvalue weighted by atomic mass is 10.1. The van der Waals surface area contributed by atoms with Crippen LogP contribution in [0.5, 0.6) is 0 Å². The maximum Gasteiger partial charge on any atom is 0.472 e. The van der Waals surface area contributed by atoms with Crippen LogP contribution in [0.25, 0.3) is 0 Å². The number of aliphatic hydroxyl groups is 1. The van der Waals surface area contributed by atoms with Gasteiger partial charge in [0, 0.05) is 25.7 Å². The molecular formula is C93H146O17P2. The maximum absolute atomic E-state index is 13.1. The fourth-order valence-corrected chi connectivity index (χ4v) is 11.7. The van der Waals surface area contributed by atoms with E-state index in [1.165, 1.54) is 38.5 Å². The topological polar surface area (TPSA) is 237 Å². The minimum Gasteiger partial charge on any atom is -0.462 e. The molecule has 0 aliphatic heterocycles. The van der Waals surface area contributed by atoms with Crippen molar-refractivity contribution in [3.8, 4) is 0 Å². The largest absolute Gasteiger partial charge is 0.472 e. The predicted octanol–water partition coefficient (Wildman–Crippen LogP) is 25.2. The number of allylic oxidation sites excluding steroid dienone is 36. The third kappa shape index (κ3) is 81.4. The number of hydrogen-bond acceptors (Lipinski definition) is 15. The van der Waals surface area contributed by atoms with Crippen molar-refractivity contribution in [3.05, 3.63) is 219 Å². The van der Waals surface area contributed by atoms with Crippen molar-refractivity contribution < 1.29 is 80.2 Å². The van der Waals surface area contributed by atoms with Crippen molar-refractivity contribution in [1.29, 1.82) is 0 Å². The molecule has 0 radical (unpaired) electrons. The smallest absolute Gasteiger partial charge is 0.462 e. The van der Waals surface area contributed by atoms with E-state index in [9.17, 15) is 43.2 Å². The Morgan fingerprint density at radius 2 is 0.482 bits per heavy atom. The molecule has 3 N–H and O–H groups in total. The van der Waals surface area contributed by atoms with Crippen molar-refractivity contribution in [2.75, 3.05) is 39.6 Å². The van der Waals surface area contributed by atoms with Gasteiger partial charge in [0.2, 0.25) is 0 Å². The summed E-state index contributed by atoms with van der Waals surface area (Å²) in [6, 6.07) is 0. The standard InChI is InChI=1S/C93H146O17P2/c1-5-9-13-17-21-25-29-33-37-40-43-46-50-54-58-62-66-70-74-78-91(96)104-84-89(110-93(98)80-76-72-68-64-60-56-52-48-45-42-39-35-31-27-23-19-15-11-7-3)86-108-112(101,102)106-82-87(94)81-105-111(99,100)107-85-88(83-103-90(95)77-73-69-65-61-57-53-49-36-32-28-24-20-16-12-8-4)109-92(97)79-75-71-67-63-59-55-51-47-44-41-38-34-30-26-22-18-14-10-6-2/h9-10,13-14,21-28,33-39,43-49,54-56,58-60,66,68,70,72,87-89,94H,5-8,11-12,15-20,29-32,40-42,50-53,57,61-65,67,69,71,73-86H2,1-4H3,(H,99,100)(H,101,102)/b13-9-,14-10-,25-21-,26-22-,27-23-,28-24-,37-33-,38-34-,39-35-,46-43-,47-44-,48-45-,49-36-,58-54-,59-55-,60-56-,70-66-,72-68-/t87-,88+,89+/m0/s1. The first-order chi connectivity index (χ1) is 54.7. The van der Waals surface area contributed by atoms with Crippen molar-refractivity contribution >= 4 is 39.5 Å². The van der Waals surface area contributed by atoms with Crippen molar-refractivity contribution in [3.63, 3.8) is 0 Å². The highest BCUT2D eigenvalue weighted by molar-refractivity contribution is 7.47. The van der Waals surface area contributed by atoms with Gasteiger partial charge in [-0.1, -0.05) is 298 Å². The Balaban J connectivity index is 5.60. The van der Waals surface area contributed by atoms with Crippen LogP contribution in [-0.4, -0.2) is 96.7 Å². The monoisotopic (exact) mass is 1600 g/mol. The molecule has 0 heterocycles. The molecule has 0 saturated carbocycles. The molecule has 0 aromatic carbocycles. The lowest BCUT2D eigenvalue weighted by molar-refractivity contribution is -0.161. The quantitative estimate of drug-likeness (QED) is 0.0169. The molecule has 5 atom stereocenters. The second-order valence-corrected chi connectivity index (χ2v) is 29.8. The molecule has 0 saturated heterocycles. The molecule has 0 aliphatic rings. The van der Waals surface area contributed by atoms with E-state index in [-0.39, 0.29) is 25.7 Å². The number of carbonyl (C=O) groups is 4. The van der Waals surface area contributed by atoms with Gasteiger partial charge in [0.15, 0.2) is 12.2 Å². The number of unbranched alkanes of at least 4 members (excludes halogenated alkanes) is 14. The fourth-order valence-electron chi connectivity index (χ4n) is 10.1. The van der Waals surface area contributed by atoms with Gasteiger partial charge in [0.25, 0.3) is 0 Å². The lowest BCUT2D eigenvalue weighted by Crippen LogP contribution is -2.30. The molecule has 112 heavy (non-hydrogen) atoms. The maximum atomic E-state index is 13.1. The Bertz CT molecular complexity index is 2990. The third-order valence-electron chi connectivity index (χ3n) is 16.4. The normalized spacial score (nSPS) is 14.9. The highest BCUT2D eigenvalue weighted by Crippen LogP contribution is 2.45. The number of aliphatic hydroxyl groups excluding tert-OH is 1. The van der Waals surface area contributed by atoms with E-state index in [0.29, 0.717) is 38.5 Å². The fraction of sp³-hybridized carbons (Fsp3) is 0.570. The zero-order valence-electron chi connectivity index (χ0n) is 69.0. The molecule has 0 aliphatic carbocycles. The van der Waals surface area contributed by atoms with Gasteiger partial charge in [0.05, 0.1) is 26.4 Å². The summed E-state index contributed by atoms with van der Waals surface area (Å²) in [6.45, 7) is 4.34. The molecule has 19 heteroatoms. The third-order valence-corrected chi connectivity index (χ3v) is 18.3. The molecule has 0 bridgehead atoms. The Labute approximate surface area is 677 Å². The summed E-state index contributed by atoms with van der Waals surface area (Å²) in [4.78, 5) is 73.2. The van der Waals surface area contributed by atoms with Crippen molar-refractivity contribution in [1.82, 2.24) is 0 Å². The van der Waals surface area contributed by atoms with Gasteiger partial charge < -0.3 is 33.8 Å². The van der Waals surface area contributed by atoms with Gasteiger partial charge in [-0.25, -0.2) is 9.13 Å². The van der Waals surface area contributed by atoms with Crippen molar-refractivity contribution in [2.24, 2.45) is 0 Å². The average molecular weight is 1600 g/mol. The summed E-state index contributed by atoms with van der Waals surface area (Å²) >= 11 is 0. The minimum absolute atomic E-state index is 0.0104. The van der Waals surface area contributed by atoms with E-state index in [0.717, 1.165) is 154 Å². The van der Waals surface area contributed by atoms with Gasteiger partial charge in [-0.05, 0) is 180 Å². The van der Waals surface area contributed by atoms with E-state index >= 15 is 0 Å². The minimum atomic E-state index is -5.03. The van der Waals surface area contributed by atoms with Crippen LogP contribution in [-0.2, 0) is 65.4 Å². The number of hydrogen-bond donors (Lipinski definition) is 3. The van der Waals surface area contributed by atoms with E-state index in [2.05, 4.69) is 210 Å². The van der Waals surface area contributed by atoms with E-state index in [1.807, 2.05) is 36.5 Å². The van der Waals surface area contributed by atoms with Crippen molar-refractivity contribution in [2.45, 2.75) is 303 Å². The number of phosphoric acid groups is 2. The molecule has 0 aromatic heterocycles. The first-order valence-corrected chi connectivity index (χ1v) is 45.0. The number of carbonyl (C=O) groups excluding carboxylic acids is 4. The highest BCUT2D eigenvalue weighted by Gasteiger charge is 2.30. The van der Waals surface area contributed by atoms with Gasteiger partial charge in [-0.3, -0.25) is 37.3 Å². The summed E-state index contributed by atoms with van der Waals surface area (Å²) in [6.07, 6.45) is 105. The van der Waals surface area contributed by atoms with Crippen LogP contribution < -0.4 is 0 Å². The lowest BCUT2D eigenvalue weighted by Gasteiger charge is -2.21. The van der Waals surface area contributed by atoms with Gasteiger partial charge in [0.1, 0.15) is 19.3 Å². The van der Waals surface area contributed by atoms with Crippen LogP contribution in [0, 0.1) is 0 Å².